The van der Waals surface area contributed by atoms with E-state index in [1.54, 1.807) is 14.2 Å². The molecule has 38 heavy (non-hydrogen) atoms. The molecule has 8 nitrogen and oxygen atoms in total. The van der Waals surface area contributed by atoms with Crippen molar-refractivity contribution < 1.29 is 42.3 Å². The van der Waals surface area contributed by atoms with Gasteiger partial charge in [0.15, 0.2) is 37.0 Å². The van der Waals surface area contributed by atoms with Crippen molar-refractivity contribution in [1.29, 1.82) is 0 Å². The van der Waals surface area contributed by atoms with Gasteiger partial charge < -0.3 is 33.2 Å². The van der Waals surface area contributed by atoms with Crippen molar-refractivity contribution in [3.8, 4) is 11.5 Å². The van der Waals surface area contributed by atoms with E-state index in [9.17, 15) is 9.18 Å². The first-order valence-corrected chi connectivity index (χ1v) is 12.1. The lowest BCUT2D eigenvalue weighted by molar-refractivity contribution is -0.146. The Bertz CT molecular complexity index is 1050. The zero-order valence-corrected chi connectivity index (χ0v) is 21.6. The highest BCUT2D eigenvalue weighted by Crippen LogP contribution is 2.35. The third-order valence-electron chi connectivity index (χ3n) is 5.37. The molecule has 3 aromatic carbocycles. The number of esters is 1. The topological polar surface area (TPSA) is 81.7 Å². The molecule has 0 heterocycles. The molecule has 3 rings (SSSR count). The normalized spacial score (nSPS) is 10.9. The molecule has 0 radical (unpaired) electrons. The lowest BCUT2D eigenvalue weighted by atomic mass is 10.0. The van der Waals surface area contributed by atoms with Gasteiger partial charge in [-0.1, -0.05) is 66.7 Å². The van der Waals surface area contributed by atoms with Gasteiger partial charge in [-0.2, -0.15) is 0 Å². The third kappa shape index (κ3) is 9.11. The summed E-state index contributed by atoms with van der Waals surface area (Å²) in [6.45, 7) is 0.822. The number of methoxy groups -OCH3 is 2. The van der Waals surface area contributed by atoms with Gasteiger partial charge in [-0.15, -0.1) is 0 Å². The second-order valence-electron chi connectivity index (χ2n) is 8.06. The second kappa shape index (κ2) is 16.4. The number of halogens is 1. The predicted octanol–water partition coefficient (Wildman–Crippen LogP) is 4.70. The molecule has 0 spiro atoms. The molecule has 0 fully saturated rings. The van der Waals surface area contributed by atoms with E-state index in [2.05, 4.69) is 0 Å². The van der Waals surface area contributed by atoms with Crippen LogP contribution in [-0.4, -0.2) is 60.2 Å². The van der Waals surface area contributed by atoms with Crippen molar-refractivity contribution in [1.82, 2.24) is 0 Å². The summed E-state index contributed by atoms with van der Waals surface area (Å²) in [6.07, 6.45) is -0.804. The van der Waals surface area contributed by atoms with E-state index in [1.807, 2.05) is 60.7 Å². The Hall–Kier alpha value is -3.50. The first-order chi connectivity index (χ1) is 18.6. The molecule has 204 valence electrons. The number of hydrogen-bond acceptors (Lipinski definition) is 8. The van der Waals surface area contributed by atoms with Crippen molar-refractivity contribution in [3.05, 3.63) is 95.3 Å². The average molecular weight is 529 g/mol. The van der Waals surface area contributed by atoms with Crippen LogP contribution in [0.15, 0.2) is 72.8 Å². The largest absolute Gasteiger partial charge is 0.463 e. The molecule has 0 saturated heterocycles. The van der Waals surface area contributed by atoms with Crippen LogP contribution in [0.3, 0.4) is 0 Å². The molecule has 0 saturated carbocycles. The summed E-state index contributed by atoms with van der Waals surface area (Å²) >= 11 is 0. The molecular weight excluding hydrogens is 495 g/mol. The fraction of sp³-hybridized carbons (Fsp3) is 0.345. The molecule has 0 unspecified atom stereocenters. The van der Waals surface area contributed by atoms with E-state index in [1.165, 1.54) is 12.1 Å². The minimum Gasteiger partial charge on any atom is -0.463 e. The molecule has 0 aromatic heterocycles. The Morgan fingerprint density at radius 1 is 0.711 bits per heavy atom. The molecule has 0 aliphatic carbocycles. The lowest BCUT2D eigenvalue weighted by Crippen LogP contribution is -2.17. The number of carbonyl (C=O) groups excluding carboxylic acids is 1. The Kier molecular flexibility index (Phi) is 12.5. The molecule has 9 heteroatoms. The zero-order valence-electron chi connectivity index (χ0n) is 21.6. The van der Waals surface area contributed by atoms with Gasteiger partial charge in [0.05, 0.1) is 32.8 Å². The van der Waals surface area contributed by atoms with Gasteiger partial charge >= 0.3 is 5.97 Å². The minimum absolute atomic E-state index is 0.0330. The summed E-state index contributed by atoms with van der Waals surface area (Å²) in [5.74, 6) is -1.35. The summed E-state index contributed by atoms with van der Waals surface area (Å²) in [6, 6.07) is 21.6. The van der Waals surface area contributed by atoms with Crippen LogP contribution in [0.4, 0.5) is 4.39 Å². The number of hydrogen-bond donors (Lipinski definition) is 0. The summed E-state index contributed by atoms with van der Waals surface area (Å²) in [7, 11) is 3.09. The summed E-state index contributed by atoms with van der Waals surface area (Å²) in [4.78, 5) is 13.2. The van der Waals surface area contributed by atoms with Gasteiger partial charge in [0.2, 0.25) is 0 Å². The third-order valence-corrected chi connectivity index (χ3v) is 5.37. The molecule has 0 N–H and O–H groups in total. The van der Waals surface area contributed by atoms with E-state index in [-0.39, 0.29) is 44.7 Å². The van der Waals surface area contributed by atoms with E-state index in [0.29, 0.717) is 18.8 Å². The molecule has 0 bridgehead atoms. The smallest absolute Gasteiger partial charge is 0.311 e. The van der Waals surface area contributed by atoms with E-state index >= 15 is 0 Å². The maximum absolute atomic E-state index is 14.8. The fourth-order valence-corrected chi connectivity index (χ4v) is 3.53. The van der Waals surface area contributed by atoms with Crippen molar-refractivity contribution >= 4 is 5.97 Å². The SMILES string of the molecule is COCCOCOc1c(F)ccc(CC(=O)OC(c2ccccc2)c2ccccc2)c1OCOCCOC. The lowest BCUT2D eigenvalue weighted by Gasteiger charge is -2.20. The number of rotatable bonds is 17. The Balaban J connectivity index is 1.79. The first-order valence-electron chi connectivity index (χ1n) is 12.1. The molecule has 0 atom stereocenters. The molecule has 3 aromatic rings. The molecule has 0 aliphatic heterocycles. The van der Waals surface area contributed by atoms with E-state index < -0.39 is 17.9 Å². The van der Waals surface area contributed by atoms with Gasteiger partial charge in [0.1, 0.15) is 0 Å². The van der Waals surface area contributed by atoms with Crippen molar-refractivity contribution in [2.45, 2.75) is 12.5 Å². The van der Waals surface area contributed by atoms with Crippen LogP contribution in [0, 0.1) is 5.82 Å². The van der Waals surface area contributed by atoms with E-state index in [0.717, 1.165) is 11.1 Å². The van der Waals surface area contributed by atoms with Gasteiger partial charge in [-0.3, -0.25) is 4.79 Å². The summed E-state index contributed by atoms with van der Waals surface area (Å²) < 4.78 is 52.5. The van der Waals surface area contributed by atoms with Crippen molar-refractivity contribution in [2.75, 3.05) is 54.2 Å². The maximum atomic E-state index is 14.8. The highest BCUT2D eigenvalue weighted by Gasteiger charge is 2.23. The summed E-state index contributed by atoms with van der Waals surface area (Å²) in [5.41, 5.74) is 2.02. The van der Waals surface area contributed by atoms with Crippen LogP contribution >= 0.6 is 0 Å². The van der Waals surface area contributed by atoms with Gasteiger partial charge in [-0.05, 0) is 17.2 Å². The van der Waals surface area contributed by atoms with Crippen LogP contribution in [0.5, 0.6) is 11.5 Å². The van der Waals surface area contributed by atoms with Crippen molar-refractivity contribution in [2.24, 2.45) is 0 Å². The van der Waals surface area contributed by atoms with Crippen LogP contribution in [-0.2, 0) is 34.9 Å². The van der Waals surface area contributed by atoms with Crippen LogP contribution < -0.4 is 9.47 Å². The quantitative estimate of drug-likeness (QED) is 0.142. The van der Waals surface area contributed by atoms with Crippen LogP contribution in [0.2, 0.25) is 0 Å². The summed E-state index contributed by atoms with van der Waals surface area (Å²) in [5, 5.41) is 0. The average Bonchev–Trinajstić information content (AvgIpc) is 2.94. The van der Waals surface area contributed by atoms with Gasteiger partial charge in [-0.25, -0.2) is 4.39 Å². The van der Waals surface area contributed by atoms with Crippen molar-refractivity contribution in [3.63, 3.8) is 0 Å². The second-order valence-corrected chi connectivity index (χ2v) is 8.06. The highest BCUT2D eigenvalue weighted by molar-refractivity contribution is 5.75. The minimum atomic E-state index is -0.671. The van der Waals surface area contributed by atoms with Crippen LogP contribution in [0.25, 0.3) is 0 Å². The highest BCUT2D eigenvalue weighted by atomic mass is 19.1. The standard InChI is InChI=1S/C29H33FO8/c1-32-15-17-34-20-36-28-24(13-14-25(30)29(28)37-21-35-18-16-33-2)19-26(31)38-27(22-9-5-3-6-10-22)23-11-7-4-8-12-23/h3-14,27H,15-21H2,1-2H3. The molecular formula is C29H33FO8. The number of carbonyl (C=O) groups is 1. The fourth-order valence-electron chi connectivity index (χ4n) is 3.53. The van der Waals surface area contributed by atoms with Crippen LogP contribution in [0.1, 0.15) is 22.8 Å². The predicted molar refractivity (Wildman–Crippen MR) is 138 cm³/mol. The van der Waals surface area contributed by atoms with Gasteiger partial charge in [0, 0.05) is 19.8 Å². The zero-order chi connectivity index (χ0) is 27.0. The molecule has 0 aliphatic rings. The Morgan fingerprint density at radius 3 is 1.76 bits per heavy atom. The monoisotopic (exact) mass is 528 g/mol. The Labute approximate surface area is 222 Å². The van der Waals surface area contributed by atoms with Gasteiger partial charge in [0.25, 0.3) is 0 Å². The maximum Gasteiger partial charge on any atom is 0.311 e. The molecule has 0 amide bonds. The number of benzene rings is 3. The number of ether oxygens (including phenoxy) is 7. The van der Waals surface area contributed by atoms with E-state index in [4.69, 9.17) is 33.2 Å². The Morgan fingerprint density at radius 2 is 1.24 bits per heavy atom. The first kappa shape index (κ1) is 29.1.